The molecule has 84 valence electrons. The number of rotatable bonds is 4. The van der Waals surface area contributed by atoms with Gasteiger partial charge in [-0.3, -0.25) is 0 Å². The fraction of sp³-hybridized carbons (Fsp3) is 0.200. The number of halogens is 1. The van der Waals surface area contributed by atoms with Crippen molar-refractivity contribution in [2.45, 2.75) is 6.61 Å². The second-order valence-corrected chi connectivity index (χ2v) is 4.89. The molecule has 0 aliphatic rings. The van der Waals surface area contributed by atoms with Gasteiger partial charge in [0.2, 0.25) is 5.13 Å². The summed E-state index contributed by atoms with van der Waals surface area (Å²) >= 11 is 4.90. The molecule has 0 aliphatic carbocycles. The molecule has 0 saturated carbocycles. The van der Waals surface area contributed by atoms with Crippen LogP contribution in [0.4, 0.5) is 5.13 Å². The van der Waals surface area contributed by atoms with Crippen LogP contribution in [0.25, 0.3) is 0 Å². The maximum atomic E-state index is 5.61. The Morgan fingerprint density at radius 1 is 1.38 bits per heavy atom. The summed E-state index contributed by atoms with van der Waals surface area (Å²) in [6.07, 6.45) is 0. The molecule has 1 aromatic carbocycles. The Balaban J connectivity index is 1.99. The zero-order chi connectivity index (χ0) is 11.4. The molecule has 16 heavy (non-hydrogen) atoms. The van der Waals surface area contributed by atoms with Crippen LogP contribution < -0.4 is 10.1 Å². The van der Waals surface area contributed by atoms with Crippen LogP contribution in [0.1, 0.15) is 5.01 Å². The minimum absolute atomic E-state index is 0.433. The number of ether oxygens (including phenoxy) is 1. The van der Waals surface area contributed by atoms with Gasteiger partial charge in [0, 0.05) is 7.05 Å². The average Bonchev–Trinajstić information content (AvgIpc) is 2.76. The van der Waals surface area contributed by atoms with Crippen molar-refractivity contribution in [3.05, 3.63) is 33.7 Å². The zero-order valence-electron chi connectivity index (χ0n) is 8.61. The predicted molar refractivity (Wildman–Crippen MR) is 67.9 cm³/mol. The molecule has 1 heterocycles. The summed E-state index contributed by atoms with van der Waals surface area (Å²) in [4.78, 5) is 0. The van der Waals surface area contributed by atoms with Crippen molar-refractivity contribution in [2.75, 3.05) is 12.4 Å². The second kappa shape index (κ2) is 5.27. The van der Waals surface area contributed by atoms with E-state index in [1.807, 2.05) is 31.3 Å². The molecule has 0 spiro atoms. The fourth-order valence-corrected chi connectivity index (χ4v) is 2.12. The smallest absolute Gasteiger partial charge is 0.205 e. The molecular weight excluding hydrogens is 290 g/mol. The lowest BCUT2D eigenvalue weighted by atomic mass is 10.3. The summed E-state index contributed by atoms with van der Waals surface area (Å²) in [6, 6.07) is 7.72. The van der Waals surface area contributed by atoms with Crippen LogP contribution in [-0.2, 0) is 6.61 Å². The van der Waals surface area contributed by atoms with Gasteiger partial charge in [-0.25, -0.2) is 0 Å². The Kier molecular flexibility index (Phi) is 3.74. The number of hydrogen-bond donors (Lipinski definition) is 1. The molecule has 0 radical (unpaired) electrons. The van der Waals surface area contributed by atoms with E-state index in [0.29, 0.717) is 6.61 Å². The van der Waals surface area contributed by atoms with E-state index in [2.05, 4.69) is 31.4 Å². The van der Waals surface area contributed by atoms with Crippen molar-refractivity contribution in [3.8, 4) is 5.75 Å². The third-order valence-corrected chi connectivity index (χ3v) is 3.44. The average molecular weight is 300 g/mol. The molecule has 4 nitrogen and oxygen atoms in total. The zero-order valence-corrected chi connectivity index (χ0v) is 11.0. The molecule has 0 unspecified atom stereocenters. The molecule has 0 amide bonds. The monoisotopic (exact) mass is 299 g/mol. The Morgan fingerprint density at radius 2 is 2.19 bits per heavy atom. The highest BCUT2D eigenvalue weighted by Gasteiger charge is 2.04. The van der Waals surface area contributed by atoms with Crippen LogP contribution in [0.2, 0.25) is 0 Å². The van der Waals surface area contributed by atoms with Crippen LogP contribution in [0, 0.1) is 0 Å². The summed E-state index contributed by atoms with van der Waals surface area (Å²) in [5.41, 5.74) is 0. The minimum atomic E-state index is 0.433. The van der Waals surface area contributed by atoms with E-state index in [9.17, 15) is 0 Å². The van der Waals surface area contributed by atoms with Crippen molar-refractivity contribution in [3.63, 3.8) is 0 Å². The third kappa shape index (κ3) is 2.70. The lowest BCUT2D eigenvalue weighted by Crippen LogP contribution is -1.95. The van der Waals surface area contributed by atoms with E-state index >= 15 is 0 Å². The van der Waals surface area contributed by atoms with E-state index < -0.39 is 0 Å². The largest absolute Gasteiger partial charge is 0.485 e. The normalized spacial score (nSPS) is 10.1. The minimum Gasteiger partial charge on any atom is -0.485 e. The van der Waals surface area contributed by atoms with E-state index in [4.69, 9.17) is 4.74 Å². The standard InChI is InChI=1S/C10H10BrN3OS/c1-12-10-14-13-9(16-10)6-15-8-5-3-2-4-7(8)11/h2-5H,6H2,1H3,(H,12,14). The highest BCUT2D eigenvalue weighted by Crippen LogP contribution is 2.25. The van der Waals surface area contributed by atoms with Gasteiger partial charge in [0.05, 0.1) is 4.47 Å². The van der Waals surface area contributed by atoms with E-state index in [-0.39, 0.29) is 0 Å². The van der Waals surface area contributed by atoms with E-state index in [1.54, 1.807) is 0 Å². The van der Waals surface area contributed by atoms with Crippen LogP contribution in [0.5, 0.6) is 5.75 Å². The summed E-state index contributed by atoms with van der Waals surface area (Å²) in [7, 11) is 1.82. The fourth-order valence-electron chi connectivity index (χ4n) is 1.11. The van der Waals surface area contributed by atoms with Crippen molar-refractivity contribution in [1.82, 2.24) is 10.2 Å². The van der Waals surface area contributed by atoms with Gasteiger partial charge in [-0.1, -0.05) is 23.5 Å². The first-order chi connectivity index (χ1) is 7.79. The van der Waals surface area contributed by atoms with Crippen LogP contribution in [0.3, 0.4) is 0 Å². The quantitative estimate of drug-likeness (QED) is 0.943. The molecule has 2 aromatic rings. The maximum absolute atomic E-state index is 5.61. The molecule has 0 aliphatic heterocycles. The molecule has 1 N–H and O–H groups in total. The van der Waals surface area contributed by atoms with E-state index in [1.165, 1.54) is 11.3 Å². The first-order valence-electron chi connectivity index (χ1n) is 4.67. The van der Waals surface area contributed by atoms with Crippen LogP contribution in [0.15, 0.2) is 28.7 Å². The number of aromatic nitrogens is 2. The summed E-state index contributed by atoms with van der Waals surface area (Å²) in [5.74, 6) is 0.809. The Hall–Kier alpha value is -1.14. The van der Waals surface area contributed by atoms with E-state index in [0.717, 1.165) is 20.4 Å². The predicted octanol–water partition coefficient (Wildman–Crippen LogP) is 2.92. The molecule has 0 saturated heterocycles. The Labute approximate surface area is 106 Å². The lowest BCUT2D eigenvalue weighted by Gasteiger charge is -2.04. The van der Waals surface area contributed by atoms with Gasteiger partial charge in [0.15, 0.2) is 5.01 Å². The Bertz CT molecular complexity index is 475. The number of anilines is 1. The van der Waals surface area contributed by atoms with Gasteiger partial charge in [-0.2, -0.15) is 0 Å². The highest BCUT2D eigenvalue weighted by atomic mass is 79.9. The second-order valence-electron chi connectivity index (χ2n) is 2.97. The van der Waals surface area contributed by atoms with Gasteiger partial charge in [-0.05, 0) is 28.1 Å². The van der Waals surface area contributed by atoms with Gasteiger partial charge >= 0.3 is 0 Å². The van der Waals surface area contributed by atoms with Crippen LogP contribution in [-0.4, -0.2) is 17.2 Å². The van der Waals surface area contributed by atoms with Crippen molar-refractivity contribution in [2.24, 2.45) is 0 Å². The number of para-hydroxylation sites is 1. The van der Waals surface area contributed by atoms with Gasteiger partial charge in [-0.15, -0.1) is 10.2 Å². The summed E-state index contributed by atoms with van der Waals surface area (Å²) in [5, 5.41) is 12.5. The number of nitrogens with one attached hydrogen (secondary N) is 1. The van der Waals surface area contributed by atoms with Crippen molar-refractivity contribution in [1.29, 1.82) is 0 Å². The number of hydrogen-bond acceptors (Lipinski definition) is 5. The molecule has 0 atom stereocenters. The Morgan fingerprint density at radius 3 is 2.88 bits per heavy atom. The first-order valence-corrected chi connectivity index (χ1v) is 6.28. The molecule has 1 aromatic heterocycles. The number of benzene rings is 1. The highest BCUT2D eigenvalue weighted by molar-refractivity contribution is 9.10. The van der Waals surface area contributed by atoms with Gasteiger partial charge in [0.25, 0.3) is 0 Å². The summed E-state index contributed by atoms with van der Waals surface area (Å²) in [6.45, 7) is 0.433. The molecule has 2 rings (SSSR count). The first kappa shape index (κ1) is 11.3. The summed E-state index contributed by atoms with van der Waals surface area (Å²) < 4.78 is 6.55. The van der Waals surface area contributed by atoms with Crippen molar-refractivity contribution >= 4 is 32.4 Å². The SMILES string of the molecule is CNc1nnc(COc2ccccc2Br)s1. The number of nitrogens with zero attached hydrogens (tertiary/aromatic N) is 2. The third-order valence-electron chi connectivity index (χ3n) is 1.87. The molecule has 0 fully saturated rings. The lowest BCUT2D eigenvalue weighted by molar-refractivity contribution is 0.302. The molecule has 6 heteroatoms. The van der Waals surface area contributed by atoms with Gasteiger partial charge < -0.3 is 10.1 Å². The maximum Gasteiger partial charge on any atom is 0.205 e. The van der Waals surface area contributed by atoms with Crippen LogP contribution >= 0.6 is 27.3 Å². The van der Waals surface area contributed by atoms with Gasteiger partial charge in [0.1, 0.15) is 12.4 Å². The van der Waals surface area contributed by atoms with Crippen molar-refractivity contribution < 1.29 is 4.74 Å². The molecule has 0 bridgehead atoms. The topological polar surface area (TPSA) is 47.0 Å². The molecular formula is C10H10BrN3OS.